The molecule has 21 heavy (non-hydrogen) atoms. The predicted octanol–water partition coefficient (Wildman–Crippen LogP) is 1.37. The van der Waals surface area contributed by atoms with Gasteiger partial charge in [-0.2, -0.15) is 0 Å². The minimum atomic E-state index is -0.987. The molecule has 1 atom stereocenters. The third-order valence-corrected chi connectivity index (χ3v) is 4.18. The van der Waals surface area contributed by atoms with E-state index in [2.05, 4.69) is 16.9 Å². The third kappa shape index (κ3) is 2.71. The molecule has 0 bridgehead atoms. The molecule has 0 amide bonds. The fraction of sp³-hybridized carbons (Fsp3) is 0.467. The summed E-state index contributed by atoms with van der Waals surface area (Å²) in [6, 6.07) is 4.77. The molecular formula is C15H19N3O3. The number of nitrogens with zero attached hydrogens (tertiary/aromatic N) is 2. The molecule has 1 saturated heterocycles. The van der Waals surface area contributed by atoms with Crippen molar-refractivity contribution in [1.29, 1.82) is 0 Å². The maximum absolute atomic E-state index is 12.1. The fourth-order valence-corrected chi connectivity index (χ4v) is 3.16. The summed E-state index contributed by atoms with van der Waals surface area (Å²) in [5.74, 6) is -0.529. The summed E-state index contributed by atoms with van der Waals surface area (Å²) >= 11 is 0. The average Bonchev–Trinajstić information content (AvgIpc) is 2.74. The van der Waals surface area contributed by atoms with Gasteiger partial charge in [-0.05, 0) is 50.6 Å². The maximum atomic E-state index is 12.1. The van der Waals surface area contributed by atoms with Gasteiger partial charge in [0.2, 0.25) is 0 Å². The first-order valence-electron chi connectivity index (χ1n) is 7.19. The number of likely N-dealkylation sites (tertiary alicyclic amines) is 1. The zero-order valence-corrected chi connectivity index (χ0v) is 12.0. The Kier molecular flexibility index (Phi) is 3.55. The van der Waals surface area contributed by atoms with Crippen LogP contribution in [0.2, 0.25) is 0 Å². The Balaban J connectivity index is 1.93. The van der Waals surface area contributed by atoms with Gasteiger partial charge in [0.25, 0.3) is 0 Å². The summed E-state index contributed by atoms with van der Waals surface area (Å²) in [5.41, 5.74) is 1.39. The highest BCUT2D eigenvalue weighted by molar-refractivity contribution is 5.92. The first-order valence-corrected chi connectivity index (χ1v) is 7.19. The number of hydrogen-bond acceptors (Lipinski definition) is 3. The number of hydrogen-bond donors (Lipinski definition) is 2. The number of carbonyl (C=O) groups is 1. The second-order valence-corrected chi connectivity index (χ2v) is 5.85. The van der Waals surface area contributed by atoms with Crippen LogP contribution < -0.4 is 5.69 Å². The maximum Gasteiger partial charge on any atom is 0.335 e. The average molecular weight is 289 g/mol. The monoisotopic (exact) mass is 289 g/mol. The molecule has 1 unspecified atom stereocenters. The van der Waals surface area contributed by atoms with Gasteiger partial charge in [-0.3, -0.25) is 4.57 Å². The first kappa shape index (κ1) is 13.9. The Bertz CT molecular complexity index is 731. The lowest BCUT2D eigenvalue weighted by atomic mass is 9.98. The van der Waals surface area contributed by atoms with Crippen LogP contribution in [0.1, 0.15) is 23.2 Å². The van der Waals surface area contributed by atoms with E-state index in [4.69, 9.17) is 5.11 Å². The molecule has 1 aromatic heterocycles. The summed E-state index contributed by atoms with van der Waals surface area (Å²) in [6.07, 6.45) is 2.28. The number of fused-ring (bicyclic) bond motifs is 1. The summed E-state index contributed by atoms with van der Waals surface area (Å²) < 4.78 is 1.73. The summed E-state index contributed by atoms with van der Waals surface area (Å²) in [6.45, 7) is 2.78. The molecule has 0 spiro atoms. The van der Waals surface area contributed by atoms with Crippen LogP contribution >= 0.6 is 0 Å². The molecule has 2 N–H and O–H groups in total. The van der Waals surface area contributed by atoms with E-state index in [9.17, 15) is 9.59 Å². The number of aromatic amines is 1. The highest BCUT2D eigenvalue weighted by Crippen LogP contribution is 2.19. The fourth-order valence-electron chi connectivity index (χ4n) is 3.16. The first-order chi connectivity index (χ1) is 10.0. The van der Waals surface area contributed by atoms with Crippen LogP contribution in [0, 0.1) is 5.92 Å². The zero-order valence-electron chi connectivity index (χ0n) is 12.0. The van der Waals surface area contributed by atoms with Gasteiger partial charge < -0.3 is 15.0 Å². The molecular weight excluding hydrogens is 270 g/mol. The Labute approximate surface area is 122 Å². The van der Waals surface area contributed by atoms with Crippen molar-refractivity contribution < 1.29 is 9.90 Å². The van der Waals surface area contributed by atoms with Crippen molar-refractivity contribution in [3.05, 3.63) is 34.2 Å². The molecule has 0 aliphatic carbocycles. The SMILES string of the molecule is CN1CCCC(Cn2c(=O)[nH]c3cc(C(=O)O)ccc32)C1. The predicted molar refractivity (Wildman–Crippen MR) is 79.7 cm³/mol. The molecule has 2 heterocycles. The molecule has 0 radical (unpaired) electrons. The zero-order chi connectivity index (χ0) is 15.0. The van der Waals surface area contributed by atoms with Gasteiger partial charge in [0.15, 0.2) is 0 Å². The molecule has 112 valence electrons. The van der Waals surface area contributed by atoms with Crippen LogP contribution in [-0.4, -0.2) is 45.7 Å². The summed E-state index contributed by atoms with van der Waals surface area (Å²) in [7, 11) is 2.10. The number of carboxylic acids is 1. The Hall–Kier alpha value is -2.08. The van der Waals surface area contributed by atoms with Crippen LogP contribution in [0.4, 0.5) is 0 Å². The molecule has 1 aliphatic heterocycles. The summed E-state index contributed by atoms with van der Waals surface area (Å²) in [4.78, 5) is 28.1. The number of benzene rings is 1. The topological polar surface area (TPSA) is 78.3 Å². The smallest absolute Gasteiger partial charge is 0.335 e. The van der Waals surface area contributed by atoms with Gasteiger partial charge in [0.1, 0.15) is 0 Å². The van der Waals surface area contributed by atoms with E-state index in [1.165, 1.54) is 6.07 Å². The van der Waals surface area contributed by atoms with Crippen molar-refractivity contribution in [2.45, 2.75) is 19.4 Å². The lowest BCUT2D eigenvalue weighted by Crippen LogP contribution is -2.35. The number of nitrogens with one attached hydrogen (secondary N) is 1. The van der Waals surface area contributed by atoms with E-state index in [-0.39, 0.29) is 11.3 Å². The highest BCUT2D eigenvalue weighted by atomic mass is 16.4. The molecule has 2 aromatic rings. The molecule has 1 fully saturated rings. The highest BCUT2D eigenvalue weighted by Gasteiger charge is 2.19. The van der Waals surface area contributed by atoms with Crippen LogP contribution in [0.5, 0.6) is 0 Å². The van der Waals surface area contributed by atoms with Crippen LogP contribution in [0.15, 0.2) is 23.0 Å². The van der Waals surface area contributed by atoms with E-state index >= 15 is 0 Å². The Morgan fingerprint density at radius 2 is 2.29 bits per heavy atom. The summed E-state index contributed by atoms with van der Waals surface area (Å²) in [5, 5.41) is 9.01. The largest absolute Gasteiger partial charge is 0.478 e. The van der Waals surface area contributed by atoms with Crippen LogP contribution in [-0.2, 0) is 6.54 Å². The van der Waals surface area contributed by atoms with Gasteiger partial charge >= 0.3 is 11.7 Å². The number of imidazole rings is 1. The minimum Gasteiger partial charge on any atom is -0.478 e. The Morgan fingerprint density at radius 3 is 3.00 bits per heavy atom. The van der Waals surface area contributed by atoms with E-state index < -0.39 is 5.97 Å². The number of aromatic carboxylic acids is 1. The number of H-pyrrole nitrogens is 1. The van der Waals surface area contributed by atoms with E-state index in [1.54, 1.807) is 16.7 Å². The third-order valence-electron chi connectivity index (χ3n) is 4.18. The quantitative estimate of drug-likeness (QED) is 0.894. The minimum absolute atomic E-state index is 0.166. The van der Waals surface area contributed by atoms with Crippen molar-refractivity contribution >= 4 is 17.0 Å². The van der Waals surface area contributed by atoms with Gasteiger partial charge in [-0.1, -0.05) is 0 Å². The van der Waals surface area contributed by atoms with E-state index in [0.29, 0.717) is 18.0 Å². The number of carboxylic acid groups (broad SMARTS) is 1. The van der Waals surface area contributed by atoms with Crippen molar-refractivity contribution in [3.63, 3.8) is 0 Å². The van der Waals surface area contributed by atoms with Crippen molar-refractivity contribution in [3.8, 4) is 0 Å². The number of aromatic nitrogens is 2. The van der Waals surface area contributed by atoms with Crippen molar-refractivity contribution in [2.75, 3.05) is 20.1 Å². The molecule has 6 heteroatoms. The lowest BCUT2D eigenvalue weighted by Gasteiger charge is -2.29. The van der Waals surface area contributed by atoms with Gasteiger partial charge in [-0.15, -0.1) is 0 Å². The molecule has 1 aliphatic rings. The van der Waals surface area contributed by atoms with E-state index in [1.807, 2.05) is 0 Å². The Morgan fingerprint density at radius 1 is 1.48 bits per heavy atom. The standard InChI is InChI=1S/C15H19N3O3/c1-17-6-2-3-10(8-17)9-18-13-5-4-11(14(19)20)7-12(13)16-15(18)21/h4-5,7,10H,2-3,6,8-9H2,1H3,(H,16,21)(H,19,20). The van der Waals surface area contributed by atoms with Crippen molar-refractivity contribution in [2.24, 2.45) is 5.92 Å². The van der Waals surface area contributed by atoms with Crippen LogP contribution in [0.3, 0.4) is 0 Å². The number of rotatable bonds is 3. The number of piperidine rings is 1. The van der Waals surface area contributed by atoms with Crippen molar-refractivity contribution in [1.82, 2.24) is 14.5 Å². The second kappa shape index (κ2) is 5.37. The lowest BCUT2D eigenvalue weighted by molar-refractivity contribution is 0.0697. The van der Waals surface area contributed by atoms with E-state index in [0.717, 1.165) is 31.4 Å². The molecule has 0 saturated carbocycles. The molecule has 3 rings (SSSR count). The normalized spacial score (nSPS) is 20.0. The molecule has 1 aromatic carbocycles. The van der Waals surface area contributed by atoms with Gasteiger partial charge in [0, 0.05) is 13.1 Å². The second-order valence-electron chi connectivity index (χ2n) is 5.85. The van der Waals surface area contributed by atoms with Gasteiger partial charge in [-0.25, -0.2) is 9.59 Å². The van der Waals surface area contributed by atoms with Crippen LogP contribution in [0.25, 0.3) is 11.0 Å². The molecule has 6 nitrogen and oxygen atoms in total. The van der Waals surface area contributed by atoms with Gasteiger partial charge in [0.05, 0.1) is 16.6 Å².